The molecule has 0 spiro atoms. The van der Waals surface area contributed by atoms with E-state index in [1.807, 2.05) is 12.1 Å². The minimum absolute atomic E-state index is 0.0289. The first-order valence-electron chi connectivity index (χ1n) is 19.5. The molecule has 3 N–H and O–H groups in total. The molecule has 0 aromatic heterocycles. The number of aliphatic hydroxyl groups excluding tert-OH is 2. The highest BCUT2D eigenvalue weighted by molar-refractivity contribution is 5.79. The largest absolute Gasteiger partial charge is 0.514 e. The minimum atomic E-state index is -1.62. The Morgan fingerprint density at radius 3 is 1.89 bits per heavy atom. The van der Waals surface area contributed by atoms with Crippen molar-refractivity contribution in [2.24, 2.45) is 11.8 Å². The number of benzene rings is 4. The number of esters is 1. The minimum Gasteiger partial charge on any atom is -0.502 e. The summed E-state index contributed by atoms with van der Waals surface area (Å²) < 4.78 is 63.0. The smallest absolute Gasteiger partial charge is 0.502 e. The third kappa shape index (κ3) is 8.66. The van der Waals surface area contributed by atoms with Crippen molar-refractivity contribution in [2.45, 2.75) is 69.2 Å². The van der Waals surface area contributed by atoms with Gasteiger partial charge >= 0.3 is 18.3 Å². The number of hydrogen-bond donors (Lipinski definition) is 3. The van der Waals surface area contributed by atoms with E-state index in [0.29, 0.717) is 27.8 Å². The van der Waals surface area contributed by atoms with Gasteiger partial charge in [-0.3, -0.25) is 4.79 Å². The highest BCUT2D eigenvalue weighted by atomic mass is 16.8. The Morgan fingerprint density at radius 2 is 1.31 bits per heavy atom. The van der Waals surface area contributed by atoms with Gasteiger partial charge in [-0.25, -0.2) is 9.59 Å². The van der Waals surface area contributed by atoms with Crippen molar-refractivity contribution in [1.82, 2.24) is 0 Å². The van der Waals surface area contributed by atoms with Crippen LogP contribution in [0.5, 0.6) is 28.7 Å². The summed E-state index contributed by atoms with van der Waals surface area (Å²) in [6, 6.07) is 23.6. The Bertz CT molecular complexity index is 2190. The van der Waals surface area contributed by atoms with Gasteiger partial charge in [-0.15, -0.1) is 0 Å². The number of carbonyl (C=O) groups excluding carboxylic acids is 3. The molecule has 8 rings (SSSR count). The number of aromatic hydroxyl groups is 1. The summed E-state index contributed by atoms with van der Waals surface area (Å²) in [4.78, 5) is 40.6. The lowest BCUT2D eigenvalue weighted by Crippen LogP contribution is -2.63. The number of hydrogen-bond acceptors (Lipinski definition) is 17. The first-order chi connectivity index (χ1) is 29.5. The van der Waals surface area contributed by atoms with Crippen LogP contribution in [0.3, 0.4) is 0 Å². The van der Waals surface area contributed by atoms with Gasteiger partial charge in [0.2, 0.25) is 5.75 Å². The molecular formula is C44H44O17. The molecular weight excluding hydrogens is 800 g/mol. The van der Waals surface area contributed by atoms with Crippen molar-refractivity contribution in [1.29, 1.82) is 0 Å². The molecule has 0 unspecified atom stereocenters. The number of phenols is 1. The van der Waals surface area contributed by atoms with E-state index >= 15 is 0 Å². The number of methoxy groups -OCH3 is 2. The lowest BCUT2D eigenvalue weighted by Gasteiger charge is -2.47. The SMILES string of the molecule is COc1cc([C@@H]2c3cc(OC(=O)OCc4ccccc4)c(OC(=O)OCc4ccccc4)cc3[C@@H](O[C@@H]3O[C@@H]4CO[C@@H](C)O[C@H]4[C@H](O)[C@H]3O)[C@H]3COC(=O)[C@H]23)cc(OC)c1O. The van der Waals surface area contributed by atoms with Crippen molar-refractivity contribution >= 4 is 18.3 Å². The van der Waals surface area contributed by atoms with Crippen LogP contribution in [0, 0.1) is 11.8 Å². The summed E-state index contributed by atoms with van der Waals surface area (Å²) in [6.07, 6.45) is -10.4. The van der Waals surface area contributed by atoms with E-state index < -0.39 is 79.1 Å². The molecule has 4 aromatic rings. The van der Waals surface area contributed by atoms with E-state index in [1.54, 1.807) is 55.5 Å². The first-order valence-corrected chi connectivity index (χ1v) is 19.5. The monoisotopic (exact) mass is 844 g/mol. The summed E-state index contributed by atoms with van der Waals surface area (Å²) in [5.74, 6) is -4.13. The molecule has 4 aromatic carbocycles. The lowest BCUT2D eigenvalue weighted by atomic mass is 9.66. The van der Waals surface area contributed by atoms with Crippen LogP contribution in [-0.4, -0.2) is 98.0 Å². The summed E-state index contributed by atoms with van der Waals surface area (Å²) in [6.45, 7) is 1.24. The highest BCUT2D eigenvalue weighted by Gasteiger charge is 2.56. The molecule has 3 fully saturated rings. The molecule has 17 nitrogen and oxygen atoms in total. The fraction of sp³-hybridized carbons (Fsp3) is 0.386. The number of aliphatic hydroxyl groups is 2. The Hall–Kier alpha value is -5.95. The molecule has 3 saturated heterocycles. The van der Waals surface area contributed by atoms with Gasteiger partial charge in [0.05, 0.1) is 39.5 Å². The fourth-order valence-electron chi connectivity index (χ4n) is 8.18. The fourth-order valence-corrected chi connectivity index (χ4v) is 8.18. The molecule has 61 heavy (non-hydrogen) atoms. The third-order valence-corrected chi connectivity index (χ3v) is 11.1. The normalized spacial score (nSPS) is 27.7. The van der Waals surface area contributed by atoms with Gasteiger partial charge in [0.15, 0.2) is 35.6 Å². The second-order valence-electron chi connectivity index (χ2n) is 14.8. The maximum Gasteiger partial charge on any atom is 0.514 e. The highest BCUT2D eigenvalue weighted by Crippen LogP contribution is 2.57. The molecule has 0 amide bonds. The van der Waals surface area contributed by atoms with E-state index in [4.69, 9.17) is 52.1 Å². The molecule has 322 valence electrons. The van der Waals surface area contributed by atoms with Gasteiger partial charge in [0, 0.05) is 11.8 Å². The van der Waals surface area contributed by atoms with Crippen molar-refractivity contribution in [3.8, 4) is 28.7 Å². The van der Waals surface area contributed by atoms with Crippen LogP contribution >= 0.6 is 0 Å². The van der Waals surface area contributed by atoms with Crippen LogP contribution in [0.2, 0.25) is 0 Å². The molecule has 10 atom stereocenters. The van der Waals surface area contributed by atoms with Crippen molar-refractivity contribution in [3.05, 3.63) is 113 Å². The topological polar surface area (TPSA) is 213 Å². The maximum atomic E-state index is 13.9. The zero-order valence-electron chi connectivity index (χ0n) is 33.2. The molecule has 0 bridgehead atoms. The first kappa shape index (κ1) is 41.8. The van der Waals surface area contributed by atoms with E-state index in [1.165, 1.54) is 38.5 Å². The van der Waals surface area contributed by atoms with Crippen LogP contribution in [-0.2, 0) is 51.2 Å². The van der Waals surface area contributed by atoms with E-state index in [-0.39, 0.29) is 55.2 Å². The average molecular weight is 845 g/mol. The van der Waals surface area contributed by atoms with Gasteiger partial charge < -0.3 is 67.4 Å². The van der Waals surface area contributed by atoms with Crippen molar-refractivity contribution in [2.75, 3.05) is 27.4 Å². The van der Waals surface area contributed by atoms with Gasteiger partial charge in [0.25, 0.3) is 0 Å². The Morgan fingerprint density at radius 1 is 0.738 bits per heavy atom. The zero-order valence-corrected chi connectivity index (χ0v) is 33.2. The Labute approximate surface area is 349 Å². The molecule has 3 heterocycles. The van der Waals surface area contributed by atoms with Crippen LogP contribution in [0.25, 0.3) is 0 Å². The molecule has 3 aliphatic heterocycles. The van der Waals surface area contributed by atoms with Crippen LogP contribution in [0.4, 0.5) is 9.59 Å². The van der Waals surface area contributed by atoms with E-state index in [0.717, 1.165) is 0 Å². The second-order valence-corrected chi connectivity index (χ2v) is 14.8. The number of rotatable bonds is 11. The predicted molar refractivity (Wildman–Crippen MR) is 207 cm³/mol. The molecule has 0 radical (unpaired) electrons. The summed E-state index contributed by atoms with van der Waals surface area (Å²) >= 11 is 0. The van der Waals surface area contributed by atoms with Crippen LogP contribution in [0.15, 0.2) is 84.9 Å². The molecule has 17 heteroatoms. The van der Waals surface area contributed by atoms with E-state index in [2.05, 4.69) is 0 Å². The van der Waals surface area contributed by atoms with Gasteiger partial charge in [0.1, 0.15) is 37.6 Å². The summed E-state index contributed by atoms with van der Waals surface area (Å²) in [5, 5.41) is 33.4. The number of phenolic OH excluding ortho intramolecular Hbond substituents is 1. The predicted octanol–water partition coefficient (Wildman–Crippen LogP) is 5.04. The molecule has 1 aliphatic carbocycles. The molecule has 0 saturated carbocycles. The van der Waals surface area contributed by atoms with E-state index in [9.17, 15) is 29.7 Å². The number of cyclic esters (lactones) is 1. The lowest BCUT2D eigenvalue weighted by molar-refractivity contribution is -0.364. The number of carbonyl (C=O) groups is 3. The van der Waals surface area contributed by atoms with Crippen molar-refractivity contribution in [3.63, 3.8) is 0 Å². The van der Waals surface area contributed by atoms with Gasteiger partial charge in [-0.1, -0.05) is 60.7 Å². The quantitative estimate of drug-likeness (QED) is 0.102. The summed E-state index contributed by atoms with van der Waals surface area (Å²) in [5.41, 5.74) is 2.39. The zero-order chi connectivity index (χ0) is 42.8. The molecule has 4 aliphatic rings. The third-order valence-electron chi connectivity index (χ3n) is 11.1. The maximum absolute atomic E-state index is 13.9. The Kier molecular flexibility index (Phi) is 12.3. The standard InChI is InChI=1S/C44H44O17/c1-22-53-21-33-40(57-22)37(46)38(47)42(58-33)61-39-27-17-30(60-44(50)56-19-24-12-8-5-9-13-24)29(59-43(49)55-18-23-10-6-4-7-11-23)16-26(27)34(35-28(39)20-54-41(35)48)25-14-31(51-2)36(45)32(15-25)52-3/h4-17,22,28,33-35,37-40,42,45-47H,18-21H2,1-3H3/t22-,28+,33-,34-,35+,37-,38-,39-,40-,42+/m1/s1. The number of fused-ring (bicyclic) bond motifs is 3. The van der Waals surface area contributed by atoms with Gasteiger partial charge in [-0.2, -0.15) is 0 Å². The summed E-state index contributed by atoms with van der Waals surface area (Å²) in [7, 11) is 2.71. The second kappa shape index (κ2) is 18.0. The van der Waals surface area contributed by atoms with Crippen molar-refractivity contribution < 1.29 is 81.8 Å². The van der Waals surface area contributed by atoms with Gasteiger partial charge in [-0.05, 0) is 59.0 Å². The Balaban J connectivity index is 1.23. The van der Waals surface area contributed by atoms with Crippen LogP contribution in [0.1, 0.15) is 46.8 Å². The van der Waals surface area contributed by atoms with Crippen LogP contribution < -0.4 is 18.9 Å². The average Bonchev–Trinajstić information content (AvgIpc) is 3.65. The number of ether oxygens (including phenoxy) is 11.